The monoisotopic (exact) mass is 457 g/mol. The van der Waals surface area contributed by atoms with Crippen LogP contribution in [-0.2, 0) is 26.7 Å². The van der Waals surface area contributed by atoms with Gasteiger partial charge in [0.25, 0.3) is 0 Å². The Kier molecular flexibility index (Phi) is 10.2. The van der Waals surface area contributed by atoms with Crippen molar-refractivity contribution in [2.45, 2.75) is 25.8 Å². The minimum atomic E-state index is -1.19. The van der Waals surface area contributed by atoms with Gasteiger partial charge in [0.2, 0.25) is 0 Å². The van der Waals surface area contributed by atoms with Crippen LogP contribution in [0, 0.1) is 6.92 Å². The average Bonchev–Trinajstić information content (AvgIpc) is 2.69. The summed E-state index contributed by atoms with van der Waals surface area (Å²) in [7, 11) is 0. The van der Waals surface area contributed by atoms with E-state index in [-0.39, 0.29) is 35.7 Å². The number of benzene rings is 2. The number of phenolic OH excluding ortho intramolecular Hbond substituents is 1. The van der Waals surface area contributed by atoms with Crippen LogP contribution in [0.1, 0.15) is 24.1 Å². The molecule has 3 aromatic rings. The second kappa shape index (κ2) is 12.4. The molecule has 0 aliphatic carbocycles. The third kappa shape index (κ3) is 8.03. The normalized spacial score (nSPS) is 11.2. The minimum Gasteiger partial charge on any atom is -0.507 e. The van der Waals surface area contributed by atoms with E-state index >= 15 is 0 Å². The Balaban J connectivity index is 0.000000320. The number of phenols is 1. The maximum absolute atomic E-state index is 10.8. The summed E-state index contributed by atoms with van der Waals surface area (Å²) >= 11 is 0. The fourth-order valence-corrected chi connectivity index (χ4v) is 2.48. The molecule has 3 rings (SSSR count). The summed E-state index contributed by atoms with van der Waals surface area (Å²) in [5, 5.41) is 29.3. The van der Waals surface area contributed by atoms with E-state index in [4.69, 9.17) is 10.2 Å². The maximum atomic E-state index is 10.8. The van der Waals surface area contributed by atoms with Gasteiger partial charge in [-0.3, -0.25) is 14.8 Å². The molecule has 0 aliphatic heterocycles. The molecule has 0 fully saturated rings. The standard InChI is InChI=1S/C12H13NO5.C10H9N.Cu/c14-10-4-2-1-3-8(10)7-13-9(12(17)18)5-6-11(15)16;1-8-6-9-4-2-3-5-10(9)7-11-8;/h1-4,7,9,14H,5-6H2,(H,15,16)(H,17,18);2-7H,1H3;/q;;+2/t9-;;/m0../s1. The largest absolute Gasteiger partial charge is 2.00 e. The van der Waals surface area contributed by atoms with Crippen molar-refractivity contribution in [3.63, 3.8) is 0 Å². The fraction of sp³-hybridized carbons (Fsp3) is 0.182. The molecule has 159 valence electrons. The fourth-order valence-electron chi connectivity index (χ4n) is 2.48. The predicted molar refractivity (Wildman–Crippen MR) is 110 cm³/mol. The van der Waals surface area contributed by atoms with Crippen LogP contribution in [0.5, 0.6) is 5.75 Å². The van der Waals surface area contributed by atoms with Gasteiger partial charge < -0.3 is 15.3 Å². The van der Waals surface area contributed by atoms with Gasteiger partial charge in [-0.1, -0.05) is 36.4 Å². The number of hydrogen-bond donors (Lipinski definition) is 3. The first-order chi connectivity index (χ1) is 13.9. The van der Waals surface area contributed by atoms with Gasteiger partial charge in [-0.25, -0.2) is 4.79 Å². The summed E-state index contributed by atoms with van der Waals surface area (Å²) in [4.78, 5) is 29.2. The van der Waals surface area contributed by atoms with Crippen molar-refractivity contribution in [3.05, 3.63) is 72.1 Å². The molecule has 30 heavy (non-hydrogen) atoms. The second-order valence-corrected chi connectivity index (χ2v) is 6.30. The molecule has 3 N–H and O–H groups in total. The smallest absolute Gasteiger partial charge is 0.507 e. The van der Waals surface area contributed by atoms with E-state index in [2.05, 4.69) is 28.2 Å². The van der Waals surface area contributed by atoms with Crippen LogP contribution in [0.4, 0.5) is 0 Å². The average molecular weight is 458 g/mol. The molecule has 1 aromatic heterocycles. The van der Waals surface area contributed by atoms with Gasteiger partial charge in [-0.2, -0.15) is 0 Å². The van der Waals surface area contributed by atoms with E-state index in [1.165, 1.54) is 23.1 Å². The second-order valence-electron chi connectivity index (χ2n) is 6.30. The van der Waals surface area contributed by atoms with E-state index in [0.29, 0.717) is 5.56 Å². The third-order valence-electron chi connectivity index (χ3n) is 4.01. The topological polar surface area (TPSA) is 120 Å². The summed E-state index contributed by atoms with van der Waals surface area (Å²) < 4.78 is 0. The number of carbonyl (C=O) groups is 2. The molecular weight excluding hydrogens is 436 g/mol. The summed E-state index contributed by atoms with van der Waals surface area (Å²) in [6.07, 6.45) is 2.78. The Hall–Kier alpha value is -3.22. The molecule has 1 atom stereocenters. The van der Waals surface area contributed by atoms with Gasteiger partial charge in [0.05, 0.1) is 0 Å². The van der Waals surface area contributed by atoms with Gasteiger partial charge in [-0.15, -0.1) is 0 Å². The van der Waals surface area contributed by atoms with Crippen molar-refractivity contribution in [1.29, 1.82) is 0 Å². The molecule has 7 nitrogen and oxygen atoms in total. The van der Waals surface area contributed by atoms with Crippen LogP contribution >= 0.6 is 0 Å². The van der Waals surface area contributed by atoms with Crippen molar-refractivity contribution in [2.75, 3.05) is 0 Å². The van der Waals surface area contributed by atoms with Crippen LogP contribution in [-0.4, -0.2) is 44.5 Å². The summed E-state index contributed by atoms with van der Waals surface area (Å²) in [5.41, 5.74) is 1.46. The van der Waals surface area contributed by atoms with E-state index in [1.54, 1.807) is 18.2 Å². The molecular formula is C22H22CuN2O5+2. The van der Waals surface area contributed by atoms with Crippen molar-refractivity contribution in [3.8, 4) is 5.75 Å². The third-order valence-corrected chi connectivity index (χ3v) is 4.01. The van der Waals surface area contributed by atoms with Crippen LogP contribution < -0.4 is 0 Å². The number of pyridine rings is 1. The number of para-hydroxylation sites is 1. The Morgan fingerprint density at radius 1 is 1.07 bits per heavy atom. The summed E-state index contributed by atoms with van der Waals surface area (Å²) in [6, 6.07) is 15.5. The summed E-state index contributed by atoms with van der Waals surface area (Å²) in [6.45, 7) is 2.01. The first-order valence-electron chi connectivity index (χ1n) is 8.94. The van der Waals surface area contributed by atoms with Gasteiger partial charge in [0.1, 0.15) is 11.8 Å². The number of rotatable bonds is 6. The molecule has 1 radical (unpaired) electrons. The molecule has 1 heterocycles. The summed E-state index contributed by atoms with van der Waals surface area (Å²) in [5.74, 6) is -2.27. The molecule has 0 unspecified atom stereocenters. The Labute approximate surface area is 184 Å². The Morgan fingerprint density at radius 2 is 1.70 bits per heavy atom. The van der Waals surface area contributed by atoms with Crippen molar-refractivity contribution in [2.24, 2.45) is 4.99 Å². The van der Waals surface area contributed by atoms with Crippen molar-refractivity contribution >= 4 is 28.9 Å². The quantitative estimate of drug-likeness (QED) is 0.383. The molecule has 0 bridgehead atoms. The SMILES string of the molecule is Cc1cc2ccccc2cn1.O=C(O)CC[C@H](N=Cc1ccccc1O)C(=O)O.[Cu+2]. The van der Waals surface area contributed by atoms with Crippen LogP contribution in [0.2, 0.25) is 0 Å². The molecule has 0 amide bonds. The number of fused-ring (bicyclic) bond motifs is 1. The van der Waals surface area contributed by atoms with E-state index in [1.807, 2.05) is 25.3 Å². The van der Waals surface area contributed by atoms with Gasteiger partial charge >= 0.3 is 29.0 Å². The van der Waals surface area contributed by atoms with Crippen molar-refractivity contribution < 1.29 is 42.0 Å². The van der Waals surface area contributed by atoms with Gasteiger partial charge in [0, 0.05) is 35.5 Å². The molecule has 0 saturated carbocycles. The van der Waals surface area contributed by atoms with Crippen LogP contribution in [0.15, 0.2) is 65.8 Å². The van der Waals surface area contributed by atoms with E-state index in [9.17, 15) is 14.7 Å². The molecule has 0 saturated heterocycles. The number of nitrogens with zero attached hydrogens (tertiary/aromatic N) is 2. The predicted octanol–water partition coefficient (Wildman–Crippen LogP) is 3.67. The first-order valence-corrected chi connectivity index (χ1v) is 8.94. The van der Waals surface area contributed by atoms with Crippen LogP contribution in [0.25, 0.3) is 10.8 Å². The number of aliphatic carboxylic acids is 2. The maximum Gasteiger partial charge on any atom is 2.00 e. The zero-order valence-corrected chi connectivity index (χ0v) is 17.1. The Morgan fingerprint density at radius 3 is 2.33 bits per heavy atom. The molecule has 8 heteroatoms. The van der Waals surface area contributed by atoms with Crippen molar-refractivity contribution in [1.82, 2.24) is 4.98 Å². The Bertz CT molecular complexity index is 1020. The number of carboxylic acids is 2. The van der Waals surface area contributed by atoms with Gasteiger partial charge in [0.15, 0.2) is 0 Å². The zero-order chi connectivity index (χ0) is 21.2. The molecule has 0 aliphatic rings. The number of aryl methyl sites for hydroxylation is 1. The number of hydrogen-bond acceptors (Lipinski definition) is 5. The first kappa shape index (κ1) is 24.8. The molecule has 2 aromatic carbocycles. The minimum absolute atomic E-state index is 0. The number of aromatic hydroxyl groups is 1. The molecule has 0 spiro atoms. The number of aliphatic imine (C=N–C) groups is 1. The number of aromatic nitrogens is 1. The van der Waals surface area contributed by atoms with E-state index < -0.39 is 18.0 Å². The van der Waals surface area contributed by atoms with Crippen LogP contribution in [0.3, 0.4) is 0 Å². The number of carboxylic acid groups (broad SMARTS) is 2. The van der Waals surface area contributed by atoms with Gasteiger partial charge in [-0.05, 0) is 36.9 Å². The zero-order valence-electron chi connectivity index (χ0n) is 16.2. The van der Waals surface area contributed by atoms with E-state index in [0.717, 1.165) is 5.69 Å².